The number of aliphatic carboxylic acids is 1. The summed E-state index contributed by atoms with van der Waals surface area (Å²) >= 11 is 1.37. The van der Waals surface area contributed by atoms with Gasteiger partial charge in [0, 0.05) is 5.75 Å². The maximum absolute atomic E-state index is 11.6. The van der Waals surface area contributed by atoms with Crippen LogP contribution in [0.15, 0.2) is 24.3 Å². The highest BCUT2D eigenvalue weighted by atomic mass is 32.2. The quantitative estimate of drug-likeness (QED) is 0.654. The number of carbonyl (C=O) groups excluding carboxylic acids is 2. The summed E-state index contributed by atoms with van der Waals surface area (Å²) < 4.78 is 0. The van der Waals surface area contributed by atoms with Crippen molar-refractivity contribution in [1.82, 2.24) is 5.32 Å². The van der Waals surface area contributed by atoms with Gasteiger partial charge in [0.15, 0.2) is 0 Å². The van der Waals surface area contributed by atoms with E-state index in [1.807, 2.05) is 31.2 Å². The number of nitrogens with two attached hydrogens (primary N) is 1. The molecule has 7 heteroatoms. The van der Waals surface area contributed by atoms with E-state index in [-0.39, 0.29) is 5.75 Å². The molecule has 0 heterocycles. The molecule has 1 aromatic carbocycles. The zero-order valence-corrected chi connectivity index (χ0v) is 12.5. The zero-order valence-electron chi connectivity index (χ0n) is 11.7. The van der Waals surface area contributed by atoms with Gasteiger partial charge >= 0.3 is 5.97 Å². The van der Waals surface area contributed by atoms with Gasteiger partial charge in [0.2, 0.25) is 11.8 Å². The molecule has 6 nitrogen and oxygen atoms in total. The normalized spacial score (nSPS) is 11.7. The monoisotopic (exact) mass is 310 g/mol. The summed E-state index contributed by atoms with van der Waals surface area (Å²) in [6.07, 6.45) is -0.413. The summed E-state index contributed by atoms with van der Waals surface area (Å²) in [4.78, 5) is 33.2. The Bertz CT molecular complexity index is 516. The molecule has 2 amide bonds. The van der Waals surface area contributed by atoms with Gasteiger partial charge in [-0.3, -0.25) is 9.59 Å². The van der Waals surface area contributed by atoms with Crippen LogP contribution in [0.5, 0.6) is 0 Å². The molecule has 0 saturated carbocycles. The highest BCUT2D eigenvalue weighted by molar-refractivity contribution is 7.99. The number of benzene rings is 1. The Kier molecular flexibility index (Phi) is 6.74. The van der Waals surface area contributed by atoms with Crippen LogP contribution in [0.4, 0.5) is 0 Å². The molecule has 114 valence electrons. The topological polar surface area (TPSA) is 109 Å². The average molecular weight is 310 g/mol. The molecule has 0 aliphatic rings. The Morgan fingerprint density at radius 2 is 1.90 bits per heavy atom. The van der Waals surface area contributed by atoms with Crippen molar-refractivity contribution >= 4 is 29.5 Å². The smallest absolute Gasteiger partial charge is 0.326 e. The van der Waals surface area contributed by atoms with E-state index >= 15 is 0 Å². The van der Waals surface area contributed by atoms with E-state index in [0.717, 1.165) is 11.1 Å². The lowest BCUT2D eigenvalue weighted by Crippen LogP contribution is -2.44. The molecule has 0 spiro atoms. The SMILES string of the molecule is Cc1ccc(CSCC(=O)NC(CC(N)=O)C(=O)O)cc1. The highest BCUT2D eigenvalue weighted by Crippen LogP contribution is 2.12. The molecule has 1 atom stereocenters. The predicted molar refractivity (Wildman–Crippen MR) is 80.7 cm³/mol. The average Bonchev–Trinajstić information content (AvgIpc) is 2.39. The molecular formula is C14H18N2O4S. The van der Waals surface area contributed by atoms with Gasteiger partial charge in [0.25, 0.3) is 0 Å². The van der Waals surface area contributed by atoms with E-state index in [1.54, 1.807) is 0 Å². The molecule has 1 aromatic rings. The van der Waals surface area contributed by atoms with E-state index in [4.69, 9.17) is 10.8 Å². The zero-order chi connectivity index (χ0) is 15.8. The number of carboxylic acid groups (broad SMARTS) is 1. The largest absolute Gasteiger partial charge is 0.480 e. The Labute approximate surface area is 127 Å². The van der Waals surface area contributed by atoms with Crippen LogP contribution in [0.3, 0.4) is 0 Å². The molecule has 21 heavy (non-hydrogen) atoms. The third-order valence-electron chi connectivity index (χ3n) is 2.66. The van der Waals surface area contributed by atoms with E-state index in [9.17, 15) is 14.4 Å². The number of carbonyl (C=O) groups is 3. The first-order chi connectivity index (χ1) is 9.88. The second-order valence-electron chi connectivity index (χ2n) is 4.61. The van der Waals surface area contributed by atoms with Crippen LogP contribution in [-0.2, 0) is 20.1 Å². The summed E-state index contributed by atoms with van der Waals surface area (Å²) in [6.45, 7) is 2.00. The first kappa shape index (κ1) is 17.0. The van der Waals surface area contributed by atoms with Crippen LogP contribution in [0.25, 0.3) is 0 Å². The fourth-order valence-electron chi connectivity index (χ4n) is 1.58. The third kappa shape index (κ3) is 6.80. The van der Waals surface area contributed by atoms with Gasteiger partial charge in [-0.15, -0.1) is 11.8 Å². The second-order valence-corrected chi connectivity index (χ2v) is 5.59. The standard InChI is InChI=1S/C14H18N2O4S/c1-9-2-4-10(5-3-9)7-21-8-13(18)16-11(14(19)20)6-12(15)17/h2-5,11H,6-8H2,1H3,(H2,15,17)(H,16,18)(H,19,20). The van der Waals surface area contributed by atoms with Crippen LogP contribution in [-0.4, -0.2) is 34.7 Å². The number of thioether (sulfide) groups is 1. The van der Waals surface area contributed by atoms with Crippen molar-refractivity contribution in [3.8, 4) is 0 Å². The fraction of sp³-hybridized carbons (Fsp3) is 0.357. The fourth-order valence-corrected chi connectivity index (χ4v) is 2.38. The number of aryl methyl sites for hydroxylation is 1. The summed E-state index contributed by atoms with van der Waals surface area (Å²) in [5, 5.41) is 11.2. The molecule has 1 rings (SSSR count). The predicted octanol–water partition coefficient (Wildman–Crippen LogP) is 0.673. The van der Waals surface area contributed by atoms with Crippen LogP contribution < -0.4 is 11.1 Å². The number of nitrogens with one attached hydrogen (secondary N) is 1. The maximum atomic E-state index is 11.6. The van der Waals surface area contributed by atoms with Gasteiger partial charge < -0.3 is 16.2 Å². The molecule has 0 radical (unpaired) electrons. The second kappa shape index (κ2) is 8.31. The minimum absolute atomic E-state index is 0.121. The summed E-state index contributed by atoms with van der Waals surface area (Å²) in [6, 6.07) is 6.67. The molecule has 4 N–H and O–H groups in total. The highest BCUT2D eigenvalue weighted by Gasteiger charge is 2.21. The molecule has 1 unspecified atom stereocenters. The number of hydrogen-bond donors (Lipinski definition) is 3. The van der Waals surface area contributed by atoms with Crippen molar-refractivity contribution in [1.29, 1.82) is 0 Å². The summed E-state index contributed by atoms with van der Waals surface area (Å²) in [5.41, 5.74) is 7.19. The molecule has 0 bridgehead atoms. The van der Waals surface area contributed by atoms with E-state index < -0.39 is 30.2 Å². The third-order valence-corrected chi connectivity index (χ3v) is 3.66. The van der Waals surface area contributed by atoms with Gasteiger partial charge in [0.1, 0.15) is 6.04 Å². The van der Waals surface area contributed by atoms with Crippen molar-refractivity contribution in [3.63, 3.8) is 0 Å². The Morgan fingerprint density at radius 1 is 1.29 bits per heavy atom. The Morgan fingerprint density at radius 3 is 2.43 bits per heavy atom. The Hall–Kier alpha value is -2.02. The van der Waals surface area contributed by atoms with Gasteiger partial charge in [-0.1, -0.05) is 29.8 Å². The van der Waals surface area contributed by atoms with Gasteiger partial charge in [-0.05, 0) is 12.5 Å². The van der Waals surface area contributed by atoms with E-state index in [0.29, 0.717) is 5.75 Å². The summed E-state index contributed by atoms with van der Waals surface area (Å²) in [7, 11) is 0. The van der Waals surface area contributed by atoms with Gasteiger partial charge in [-0.25, -0.2) is 4.79 Å². The van der Waals surface area contributed by atoms with Crippen molar-refractivity contribution in [2.75, 3.05) is 5.75 Å². The minimum Gasteiger partial charge on any atom is -0.480 e. The number of carboxylic acids is 1. The summed E-state index contributed by atoms with van der Waals surface area (Å²) in [5.74, 6) is -1.70. The van der Waals surface area contributed by atoms with Gasteiger partial charge in [-0.2, -0.15) is 0 Å². The molecular weight excluding hydrogens is 292 g/mol. The van der Waals surface area contributed by atoms with Crippen molar-refractivity contribution < 1.29 is 19.5 Å². The van der Waals surface area contributed by atoms with Crippen LogP contribution in [0.2, 0.25) is 0 Å². The minimum atomic E-state index is -1.27. The van der Waals surface area contributed by atoms with Crippen LogP contribution >= 0.6 is 11.8 Å². The lowest BCUT2D eigenvalue weighted by Gasteiger charge is -2.12. The number of rotatable bonds is 8. The van der Waals surface area contributed by atoms with E-state index in [1.165, 1.54) is 11.8 Å². The van der Waals surface area contributed by atoms with Crippen LogP contribution in [0.1, 0.15) is 17.5 Å². The molecule has 0 aromatic heterocycles. The molecule has 0 aliphatic carbocycles. The van der Waals surface area contributed by atoms with Gasteiger partial charge in [0.05, 0.1) is 12.2 Å². The van der Waals surface area contributed by atoms with E-state index in [2.05, 4.69) is 5.32 Å². The number of primary amides is 1. The Balaban J connectivity index is 2.37. The maximum Gasteiger partial charge on any atom is 0.326 e. The lowest BCUT2D eigenvalue weighted by atomic mass is 10.2. The number of hydrogen-bond acceptors (Lipinski definition) is 4. The van der Waals surface area contributed by atoms with Crippen LogP contribution in [0, 0.1) is 6.92 Å². The molecule has 0 aliphatic heterocycles. The van der Waals surface area contributed by atoms with Crippen molar-refractivity contribution in [2.24, 2.45) is 5.73 Å². The lowest BCUT2D eigenvalue weighted by molar-refractivity contribution is -0.143. The first-order valence-electron chi connectivity index (χ1n) is 6.32. The first-order valence-corrected chi connectivity index (χ1v) is 7.47. The van der Waals surface area contributed by atoms with Crippen molar-refractivity contribution in [2.45, 2.75) is 25.1 Å². The molecule has 0 fully saturated rings. The number of amides is 2. The van der Waals surface area contributed by atoms with Crippen molar-refractivity contribution in [3.05, 3.63) is 35.4 Å². The molecule has 0 saturated heterocycles.